The predicted molar refractivity (Wildman–Crippen MR) is 107 cm³/mol. The first kappa shape index (κ1) is 20.0. The normalized spacial score (nSPS) is 13.2. The van der Waals surface area contributed by atoms with Gasteiger partial charge in [-0.3, -0.25) is 4.79 Å². The highest BCUT2D eigenvalue weighted by molar-refractivity contribution is 5.95. The Kier molecular flexibility index (Phi) is 6.43. The van der Waals surface area contributed by atoms with Crippen molar-refractivity contribution in [2.45, 2.75) is 47.2 Å². The first-order valence-corrected chi connectivity index (χ1v) is 9.07. The number of carbonyl (C=O) groups is 1. The Morgan fingerprint density at radius 3 is 2.27 bits per heavy atom. The van der Waals surface area contributed by atoms with E-state index in [-0.39, 0.29) is 11.9 Å². The van der Waals surface area contributed by atoms with Gasteiger partial charge in [0.15, 0.2) is 6.04 Å². The molecular formula is C22H31N2O2+. The second-order valence-corrected chi connectivity index (χ2v) is 7.32. The van der Waals surface area contributed by atoms with Crippen LogP contribution in [0.15, 0.2) is 30.3 Å². The van der Waals surface area contributed by atoms with Gasteiger partial charge in [-0.25, -0.2) is 0 Å². The van der Waals surface area contributed by atoms with Crippen molar-refractivity contribution in [2.24, 2.45) is 0 Å². The molecule has 0 aliphatic carbocycles. The van der Waals surface area contributed by atoms with E-state index < -0.39 is 0 Å². The van der Waals surface area contributed by atoms with Gasteiger partial charge >= 0.3 is 0 Å². The monoisotopic (exact) mass is 355 g/mol. The summed E-state index contributed by atoms with van der Waals surface area (Å²) < 4.78 is 5.47. The Labute approximate surface area is 157 Å². The number of likely N-dealkylation sites (N-methyl/N-ethyl adjacent to an activating group) is 1. The second kappa shape index (κ2) is 8.37. The molecule has 1 unspecified atom stereocenters. The summed E-state index contributed by atoms with van der Waals surface area (Å²) in [6, 6.07) is 10.2. The number of quaternary nitrogens is 1. The SMILES string of the molecule is COc1ccc(C)cc1C[NH+](C)[C@H](C)C(=O)Nc1c(C)cc(C)cc1C. The fraction of sp³-hybridized carbons (Fsp3) is 0.409. The quantitative estimate of drug-likeness (QED) is 0.837. The number of benzene rings is 2. The van der Waals surface area contributed by atoms with Gasteiger partial charge in [-0.1, -0.05) is 29.3 Å². The average Bonchev–Trinajstić information content (AvgIpc) is 2.57. The van der Waals surface area contributed by atoms with Crippen molar-refractivity contribution < 1.29 is 14.4 Å². The lowest BCUT2D eigenvalue weighted by atomic mass is 10.0. The minimum Gasteiger partial charge on any atom is -0.496 e. The van der Waals surface area contributed by atoms with E-state index in [4.69, 9.17) is 4.74 Å². The molecule has 140 valence electrons. The number of carbonyl (C=O) groups excluding carboxylic acids is 1. The summed E-state index contributed by atoms with van der Waals surface area (Å²) in [6.07, 6.45) is 0. The number of aryl methyl sites for hydroxylation is 4. The zero-order valence-corrected chi connectivity index (χ0v) is 17.0. The largest absolute Gasteiger partial charge is 0.496 e. The number of amides is 1. The zero-order chi connectivity index (χ0) is 19.4. The van der Waals surface area contributed by atoms with Crippen molar-refractivity contribution in [2.75, 3.05) is 19.5 Å². The topological polar surface area (TPSA) is 42.8 Å². The van der Waals surface area contributed by atoms with E-state index in [1.54, 1.807) is 7.11 Å². The number of ether oxygens (including phenoxy) is 1. The Morgan fingerprint density at radius 2 is 1.69 bits per heavy atom. The molecule has 4 heteroatoms. The molecule has 2 atom stereocenters. The van der Waals surface area contributed by atoms with Crippen LogP contribution in [-0.2, 0) is 11.3 Å². The van der Waals surface area contributed by atoms with Gasteiger partial charge in [0, 0.05) is 11.3 Å². The number of anilines is 1. The zero-order valence-electron chi connectivity index (χ0n) is 17.0. The maximum absolute atomic E-state index is 12.8. The first-order chi connectivity index (χ1) is 12.2. The molecule has 2 aromatic carbocycles. The van der Waals surface area contributed by atoms with Gasteiger partial charge in [-0.05, 0) is 57.9 Å². The fourth-order valence-corrected chi connectivity index (χ4v) is 3.33. The van der Waals surface area contributed by atoms with Crippen molar-refractivity contribution in [1.82, 2.24) is 0 Å². The summed E-state index contributed by atoms with van der Waals surface area (Å²) in [7, 11) is 3.73. The molecule has 4 nitrogen and oxygen atoms in total. The molecule has 2 rings (SSSR count). The third-order valence-electron chi connectivity index (χ3n) is 4.96. The molecule has 0 radical (unpaired) electrons. The molecule has 2 N–H and O–H groups in total. The molecule has 0 aliphatic heterocycles. The van der Waals surface area contributed by atoms with Crippen LogP contribution in [0.2, 0.25) is 0 Å². The van der Waals surface area contributed by atoms with Crippen molar-refractivity contribution in [3.05, 3.63) is 58.1 Å². The third-order valence-corrected chi connectivity index (χ3v) is 4.96. The molecule has 0 saturated heterocycles. The lowest BCUT2D eigenvalue weighted by Crippen LogP contribution is -3.12. The molecular weight excluding hydrogens is 324 g/mol. The number of methoxy groups -OCH3 is 1. The summed E-state index contributed by atoms with van der Waals surface area (Å²) in [5, 5.41) is 3.12. The summed E-state index contributed by atoms with van der Waals surface area (Å²) in [6.45, 7) is 10.9. The molecule has 0 fully saturated rings. The van der Waals surface area contributed by atoms with E-state index >= 15 is 0 Å². The smallest absolute Gasteiger partial charge is 0.282 e. The Morgan fingerprint density at radius 1 is 1.08 bits per heavy atom. The van der Waals surface area contributed by atoms with Crippen LogP contribution in [0.1, 0.15) is 34.7 Å². The molecule has 0 spiro atoms. The first-order valence-electron chi connectivity index (χ1n) is 9.07. The van der Waals surface area contributed by atoms with E-state index in [1.165, 1.54) is 11.1 Å². The van der Waals surface area contributed by atoms with Crippen LogP contribution in [-0.4, -0.2) is 26.1 Å². The van der Waals surface area contributed by atoms with Crippen LogP contribution in [0.25, 0.3) is 0 Å². The summed E-state index contributed by atoms with van der Waals surface area (Å²) in [5.74, 6) is 0.900. The van der Waals surface area contributed by atoms with Crippen molar-refractivity contribution in [3.8, 4) is 5.75 Å². The summed E-state index contributed by atoms with van der Waals surface area (Å²) in [4.78, 5) is 13.9. The van der Waals surface area contributed by atoms with Crippen molar-refractivity contribution in [3.63, 3.8) is 0 Å². The molecule has 0 heterocycles. The molecule has 0 bridgehead atoms. The molecule has 2 aromatic rings. The Balaban J connectivity index is 2.12. The van der Waals surface area contributed by atoms with E-state index in [0.29, 0.717) is 0 Å². The molecule has 26 heavy (non-hydrogen) atoms. The van der Waals surface area contributed by atoms with Crippen LogP contribution in [0.3, 0.4) is 0 Å². The van der Waals surface area contributed by atoms with E-state index in [9.17, 15) is 4.79 Å². The average molecular weight is 356 g/mol. The van der Waals surface area contributed by atoms with Crippen LogP contribution in [0.5, 0.6) is 5.75 Å². The van der Waals surface area contributed by atoms with Crippen LogP contribution < -0.4 is 15.0 Å². The summed E-state index contributed by atoms with van der Waals surface area (Å²) >= 11 is 0. The Hall–Kier alpha value is -2.33. The standard InChI is InChI=1S/C22H30N2O2/c1-14-8-9-20(26-7)19(12-14)13-24(6)18(5)22(25)23-21-16(3)10-15(2)11-17(21)4/h8-12,18H,13H2,1-7H3,(H,23,25)/p+1/t18-/m1/s1. The van der Waals surface area contributed by atoms with Gasteiger partial charge < -0.3 is 15.0 Å². The molecule has 1 amide bonds. The van der Waals surface area contributed by atoms with Gasteiger partial charge in [0.25, 0.3) is 5.91 Å². The van der Waals surface area contributed by atoms with Crippen molar-refractivity contribution >= 4 is 11.6 Å². The number of rotatable bonds is 6. The third kappa shape index (κ3) is 4.64. The van der Waals surface area contributed by atoms with Gasteiger partial charge in [-0.15, -0.1) is 0 Å². The van der Waals surface area contributed by atoms with Gasteiger partial charge in [0.1, 0.15) is 12.3 Å². The van der Waals surface area contributed by atoms with E-state index in [1.807, 2.05) is 40.0 Å². The maximum atomic E-state index is 12.8. The second-order valence-electron chi connectivity index (χ2n) is 7.32. The number of nitrogens with one attached hydrogen (secondary N) is 2. The van der Waals surface area contributed by atoms with E-state index in [2.05, 4.69) is 37.4 Å². The molecule has 0 saturated carbocycles. The Bertz CT molecular complexity index is 776. The summed E-state index contributed by atoms with van der Waals surface area (Å²) in [5.41, 5.74) is 6.64. The van der Waals surface area contributed by atoms with Crippen molar-refractivity contribution in [1.29, 1.82) is 0 Å². The van der Waals surface area contributed by atoms with Crippen LogP contribution >= 0.6 is 0 Å². The van der Waals surface area contributed by atoms with Gasteiger partial charge in [0.05, 0.1) is 14.2 Å². The minimum absolute atomic E-state index is 0.0316. The highest BCUT2D eigenvalue weighted by atomic mass is 16.5. The van der Waals surface area contributed by atoms with Crippen LogP contribution in [0, 0.1) is 27.7 Å². The van der Waals surface area contributed by atoms with Gasteiger partial charge in [0.2, 0.25) is 0 Å². The molecule has 0 aliphatic rings. The van der Waals surface area contributed by atoms with Gasteiger partial charge in [-0.2, -0.15) is 0 Å². The van der Waals surface area contributed by atoms with Crippen LogP contribution in [0.4, 0.5) is 5.69 Å². The highest BCUT2D eigenvalue weighted by Gasteiger charge is 2.24. The fourth-order valence-electron chi connectivity index (χ4n) is 3.33. The lowest BCUT2D eigenvalue weighted by Gasteiger charge is -2.23. The number of hydrogen-bond acceptors (Lipinski definition) is 2. The highest BCUT2D eigenvalue weighted by Crippen LogP contribution is 2.22. The molecule has 0 aromatic heterocycles. The lowest BCUT2D eigenvalue weighted by molar-refractivity contribution is -0.907. The van der Waals surface area contributed by atoms with E-state index in [0.717, 1.165) is 39.6 Å². The number of hydrogen-bond donors (Lipinski definition) is 2. The minimum atomic E-state index is -0.180. The predicted octanol–water partition coefficient (Wildman–Crippen LogP) is 2.97. The maximum Gasteiger partial charge on any atom is 0.282 e.